The van der Waals surface area contributed by atoms with E-state index in [9.17, 15) is 18.0 Å². The van der Waals surface area contributed by atoms with Gasteiger partial charge >= 0.3 is 12.1 Å². The second kappa shape index (κ2) is 9.60. The maximum Gasteiger partial charge on any atom is 0.490 e. The topological polar surface area (TPSA) is 91.8 Å². The largest absolute Gasteiger partial charge is 0.490 e. The number of carboxylic acid groups (broad SMARTS) is 1. The number of aryl methyl sites for hydroxylation is 2. The molecule has 198 valence electrons. The molecule has 11 heteroatoms. The molecule has 3 aromatic rings. The molecule has 0 saturated carbocycles. The average Bonchev–Trinajstić information content (AvgIpc) is 3.56. The fourth-order valence-corrected chi connectivity index (χ4v) is 4.97. The third kappa shape index (κ3) is 4.82. The fourth-order valence-electron chi connectivity index (χ4n) is 4.97. The minimum Gasteiger partial charge on any atom is -0.475 e. The Hall–Kier alpha value is -3.76. The van der Waals surface area contributed by atoms with Crippen LogP contribution in [0.3, 0.4) is 0 Å². The maximum atomic E-state index is 13.3. The second-order valence-electron chi connectivity index (χ2n) is 9.78. The quantitative estimate of drug-likeness (QED) is 0.529. The van der Waals surface area contributed by atoms with Gasteiger partial charge in [0.15, 0.2) is 11.6 Å². The number of aromatic nitrogens is 2. The minimum atomic E-state index is -5.08. The summed E-state index contributed by atoms with van der Waals surface area (Å²) in [7, 11) is 0. The Bertz CT molecular complexity index is 1290. The Morgan fingerprint density at radius 2 is 1.92 bits per heavy atom. The number of carboxylic acids is 1. The van der Waals surface area contributed by atoms with E-state index in [0.717, 1.165) is 35.8 Å². The lowest BCUT2D eigenvalue weighted by atomic mass is 9.88. The third-order valence-electron chi connectivity index (χ3n) is 6.73. The number of fused-ring (bicyclic) bond motifs is 4. The number of carbonyl (C=O) groups is 2. The Labute approximate surface area is 212 Å². The lowest BCUT2D eigenvalue weighted by molar-refractivity contribution is -0.192. The maximum absolute atomic E-state index is 13.3. The van der Waals surface area contributed by atoms with Crippen LogP contribution < -0.4 is 4.90 Å². The number of hydrogen-bond donors (Lipinski definition) is 1. The molecule has 2 aliphatic rings. The van der Waals surface area contributed by atoms with Crippen LogP contribution in [0.1, 0.15) is 47.8 Å². The second-order valence-corrected chi connectivity index (χ2v) is 9.78. The molecule has 1 spiro atoms. The summed E-state index contributed by atoms with van der Waals surface area (Å²) in [4.78, 5) is 31.3. The number of furan rings is 1. The zero-order valence-electron chi connectivity index (χ0n) is 21.0. The molecule has 1 fully saturated rings. The zero-order valence-corrected chi connectivity index (χ0v) is 21.0. The summed E-state index contributed by atoms with van der Waals surface area (Å²) >= 11 is 0. The summed E-state index contributed by atoms with van der Waals surface area (Å²) in [5.74, 6) is -0.0940. The van der Waals surface area contributed by atoms with Gasteiger partial charge in [-0.3, -0.25) is 4.79 Å². The van der Waals surface area contributed by atoms with Crippen LogP contribution in [0.5, 0.6) is 0 Å². The van der Waals surface area contributed by atoms with Crippen LogP contribution in [0.2, 0.25) is 0 Å². The van der Waals surface area contributed by atoms with Gasteiger partial charge < -0.3 is 23.9 Å². The first-order valence-corrected chi connectivity index (χ1v) is 11.9. The molecule has 1 unspecified atom stereocenters. The molecule has 0 bridgehead atoms. The summed E-state index contributed by atoms with van der Waals surface area (Å²) in [6.45, 7) is 10.6. The van der Waals surface area contributed by atoms with Gasteiger partial charge in [0, 0.05) is 25.5 Å². The van der Waals surface area contributed by atoms with Crippen LogP contribution in [0, 0.1) is 19.8 Å². The van der Waals surface area contributed by atoms with Crippen molar-refractivity contribution in [2.24, 2.45) is 5.92 Å². The lowest BCUT2D eigenvalue weighted by Crippen LogP contribution is -2.54. The average molecular weight is 519 g/mol. The van der Waals surface area contributed by atoms with E-state index in [1.165, 1.54) is 5.69 Å². The molecule has 2 aliphatic heterocycles. The van der Waals surface area contributed by atoms with E-state index in [-0.39, 0.29) is 11.4 Å². The number of halogens is 3. The van der Waals surface area contributed by atoms with Crippen LogP contribution in [0.25, 0.3) is 5.82 Å². The van der Waals surface area contributed by atoms with Crippen LogP contribution in [0.15, 0.2) is 47.1 Å². The highest BCUT2D eigenvalue weighted by molar-refractivity contribution is 5.92. The number of aliphatic carboxylic acids is 1. The highest BCUT2D eigenvalue weighted by atomic mass is 19.4. The highest BCUT2D eigenvalue weighted by Gasteiger charge is 2.51. The number of alkyl halides is 3. The van der Waals surface area contributed by atoms with Crippen LogP contribution >= 0.6 is 0 Å². The lowest BCUT2D eigenvalue weighted by Gasteiger charge is -2.47. The zero-order chi connectivity index (χ0) is 27.1. The van der Waals surface area contributed by atoms with Crippen molar-refractivity contribution >= 4 is 17.6 Å². The van der Waals surface area contributed by atoms with E-state index >= 15 is 0 Å². The Balaban J connectivity index is 0.000000405. The predicted octanol–water partition coefficient (Wildman–Crippen LogP) is 4.93. The molecule has 0 radical (unpaired) electrons. The van der Waals surface area contributed by atoms with E-state index in [4.69, 9.17) is 14.3 Å². The Morgan fingerprint density at radius 1 is 1.22 bits per heavy atom. The number of anilines is 1. The van der Waals surface area contributed by atoms with Gasteiger partial charge in [0.1, 0.15) is 11.3 Å². The van der Waals surface area contributed by atoms with Crippen LogP contribution in [-0.2, 0) is 10.3 Å². The van der Waals surface area contributed by atoms with Gasteiger partial charge in [0.2, 0.25) is 0 Å². The van der Waals surface area contributed by atoms with E-state index in [0.29, 0.717) is 24.8 Å². The molecule has 0 aromatic carbocycles. The SMILES string of the molecule is Cc1cc(C(=O)N2CCC3(C2)c2cccn2-c2ncccc2N3CC(C)C)oc1C.O=C(O)C(F)(F)F. The monoisotopic (exact) mass is 518 g/mol. The standard InChI is InChI=1S/C24H28N4O2.C2HF3O2/c1-16(2)14-28-19-7-5-10-25-22(19)27-11-6-8-21(27)24(28)9-12-26(15-24)23(29)20-13-17(3)18(4)30-20;3-2(4,5)1(6)7/h5-8,10-11,13,16H,9,12,14-15H2,1-4H3;(H,6,7). The van der Waals surface area contributed by atoms with E-state index < -0.39 is 12.1 Å². The number of pyridine rings is 1. The predicted molar refractivity (Wildman–Crippen MR) is 130 cm³/mol. The minimum absolute atomic E-state index is 0.0253. The van der Waals surface area contributed by atoms with Crippen molar-refractivity contribution < 1.29 is 32.3 Å². The van der Waals surface area contributed by atoms with E-state index in [2.05, 4.69) is 52.7 Å². The van der Waals surface area contributed by atoms with Crippen molar-refractivity contribution in [2.45, 2.75) is 45.8 Å². The van der Waals surface area contributed by atoms with E-state index in [1.54, 1.807) is 0 Å². The van der Waals surface area contributed by atoms with Crippen molar-refractivity contribution in [3.05, 3.63) is 65.5 Å². The molecule has 1 N–H and O–H groups in total. The van der Waals surface area contributed by atoms with Gasteiger partial charge in [-0.25, -0.2) is 9.78 Å². The van der Waals surface area contributed by atoms with Crippen molar-refractivity contribution in [1.82, 2.24) is 14.5 Å². The highest BCUT2D eigenvalue weighted by Crippen LogP contribution is 2.47. The summed E-state index contributed by atoms with van der Waals surface area (Å²) in [6.07, 6.45) is -0.276. The normalized spacial score (nSPS) is 18.5. The number of rotatable bonds is 3. The summed E-state index contributed by atoms with van der Waals surface area (Å²) < 4.78 is 39.7. The summed E-state index contributed by atoms with van der Waals surface area (Å²) in [5, 5.41) is 7.12. The van der Waals surface area contributed by atoms with Crippen molar-refractivity contribution in [2.75, 3.05) is 24.5 Å². The van der Waals surface area contributed by atoms with Gasteiger partial charge in [-0.2, -0.15) is 13.2 Å². The molecule has 5 rings (SSSR count). The Morgan fingerprint density at radius 3 is 2.51 bits per heavy atom. The van der Waals surface area contributed by atoms with E-state index in [1.807, 2.05) is 37.1 Å². The van der Waals surface area contributed by atoms with Gasteiger partial charge in [-0.05, 0) is 62.1 Å². The molecule has 1 atom stereocenters. The first kappa shape index (κ1) is 26.3. The molecular weight excluding hydrogens is 489 g/mol. The fraction of sp³-hybridized carbons (Fsp3) is 0.423. The Kier molecular flexibility index (Phi) is 6.83. The molecule has 0 aliphatic carbocycles. The van der Waals surface area contributed by atoms with Crippen LogP contribution in [-0.4, -0.2) is 57.2 Å². The molecule has 37 heavy (non-hydrogen) atoms. The number of hydrogen-bond acceptors (Lipinski definition) is 5. The smallest absolute Gasteiger partial charge is 0.475 e. The van der Waals surface area contributed by atoms with Crippen molar-refractivity contribution in [1.29, 1.82) is 0 Å². The number of carbonyl (C=O) groups excluding carboxylic acids is 1. The van der Waals surface area contributed by atoms with Gasteiger partial charge in [-0.15, -0.1) is 0 Å². The molecule has 8 nitrogen and oxygen atoms in total. The number of likely N-dealkylation sites (tertiary alicyclic amines) is 1. The summed E-state index contributed by atoms with van der Waals surface area (Å²) in [6, 6.07) is 10.3. The number of amides is 1. The van der Waals surface area contributed by atoms with Gasteiger partial charge in [0.05, 0.1) is 17.9 Å². The third-order valence-corrected chi connectivity index (χ3v) is 6.73. The molecule has 5 heterocycles. The van der Waals surface area contributed by atoms with Crippen molar-refractivity contribution in [3.63, 3.8) is 0 Å². The number of nitrogens with zero attached hydrogens (tertiary/aromatic N) is 4. The molecule has 3 aromatic heterocycles. The molecule has 1 saturated heterocycles. The molecular formula is C26H29F3N4O4. The van der Waals surface area contributed by atoms with Gasteiger partial charge in [-0.1, -0.05) is 13.8 Å². The van der Waals surface area contributed by atoms with Crippen LogP contribution in [0.4, 0.5) is 18.9 Å². The first-order chi connectivity index (χ1) is 17.3. The first-order valence-electron chi connectivity index (χ1n) is 11.9. The van der Waals surface area contributed by atoms with Gasteiger partial charge in [0.25, 0.3) is 5.91 Å². The van der Waals surface area contributed by atoms with Crippen molar-refractivity contribution in [3.8, 4) is 5.82 Å². The molecule has 1 amide bonds. The summed E-state index contributed by atoms with van der Waals surface area (Å²) in [5.41, 5.74) is 3.08.